The molecule has 0 radical (unpaired) electrons. The lowest BCUT2D eigenvalue weighted by Gasteiger charge is -2.27. The van der Waals surface area contributed by atoms with E-state index in [2.05, 4.69) is 5.32 Å². The van der Waals surface area contributed by atoms with E-state index in [1.54, 1.807) is 14.2 Å². The third kappa shape index (κ3) is 3.78. The molecule has 1 aromatic rings. The van der Waals surface area contributed by atoms with E-state index in [1.165, 1.54) is 0 Å². The quantitative estimate of drug-likeness (QED) is 0.878. The van der Waals surface area contributed by atoms with Gasteiger partial charge in [-0.25, -0.2) is 0 Å². The molecule has 1 aromatic carbocycles. The van der Waals surface area contributed by atoms with Crippen LogP contribution in [0.5, 0.6) is 11.5 Å². The third-order valence-electron chi connectivity index (χ3n) is 3.73. The second-order valence-corrected chi connectivity index (χ2v) is 5.62. The van der Waals surface area contributed by atoms with Crippen LogP contribution in [0.4, 0.5) is 0 Å². The van der Waals surface area contributed by atoms with Crippen molar-refractivity contribution in [1.82, 2.24) is 5.32 Å². The van der Waals surface area contributed by atoms with Gasteiger partial charge in [-0.3, -0.25) is 0 Å². The maximum atomic E-state index is 9.67. The fraction of sp³-hybridized carbons (Fsp3) is 0.600. The van der Waals surface area contributed by atoms with Crippen LogP contribution in [0.1, 0.15) is 31.2 Å². The van der Waals surface area contributed by atoms with Crippen LogP contribution in [0.15, 0.2) is 12.1 Å². The first-order valence-corrected chi connectivity index (χ1v) is 7.33. The van der Waals surface area contributed by atoms with Gasteiger partial charge in [-0.15, -0.1) is 0 Å². The van der Waals surface area contributed by atoms with Gasteiger partial charge in [0.05, 0.1) is 25.3 Å². The predicted molar refractivity (Wildman–Crippen MR) is 79.7 cm³/mol. The van der Waals surface area contributed by atoms with Gasteiger partial charge in [0, 0.05) is 12.6 Å². The van der Waals surface area contributed by atoms with Crippen LogP contribution in [0.3, 0.4) is 0 Å². The third-order valence-corrected chi connectivity index (χ3v) is 4.02. The highest BCUT2D eigenvalue weighted by Crippen LogP contribution is 2.36. The zero-order valence-corrected chi connectivity index (χ0v) is 12.7. The van der Waals surface area contributed by atoms with Crippen molar-refractivity contribution in [1.29, 1.82) is 0 Å². The Morgan fingerprint density at radius 2 is 2.10 bits per heavy atom. The van der Waals surface area contributed by atoms with Crippen LogP contribution in [0, 0.1) is 0 Å². The Hall–Kier alpha value is -0.970. The molecule has 0 bridgehead atoms. The van der Waals surface area contributed by atoms with E-state index < -0.39 is 0 Å². The molecule has 0 heterocycles. The number of ether oxygens (including phenoxy) is 2. The van der Waals surface area contributed by atoms with Crippen molar-refractivity contribution in [2.45, 2.75) is 44.4 Å². The first-order chi connectivity index (χ1) is 9.63. The molecule has 20 heavy (non-hydrogen) atoms. The minimum absolute atomic E-state index is 0.171. The summed E-state index contributed by atoms with van der Waals surface area (Å²) in [5, 5.41) is 13.7. The summed E-state index contributed by atoms with van der Waals surface area (Å²) in [7, 11) is 3.17. The van der Waals surface area contributed by atoms with Crippen molar-refractivity contribution in [3.63, 3.8) is 0 Å². The van der Waals surface area contributed by atoms with Gasteiger partial charge in [0.25, 0.3) is 0 Å². The van der Waals surface area contributed by atoms with Gasteiger partial charge in [0.1, 0.15) is 0 Å². The molecule has 112 valence electrons. The molecule has 4 nitrogen and oxygen atoms in total. The standard InChI is InChI=1S/C15H22ClNO3/c1-19-14-7-10(6-13(16)15(14)20-2)9-17-11-4-3-5-12(18)8-11/h6-7,11-12,17-18H,3-5,8-9H2,1-2H3. The van der Waals surface area contributed by atoms with E-state index in [-0.39, 0.29) is 6.10 Å². The van der Waals surface area contributed by atoms with Gasteiger partial charge in [-0.1, -0.05) is 11.6 Å². The Kier molecular flexibility index (Phi) is 5.52. The number of hydrogen-bond donors (Lipinski definition) is 2. The summed E-state index contributed by atoms with van der Waals surface area (Å²) in [6.45, 7) is 0.706. The highest BCUT2D eigenvalue weighted by molar-refractivity contribution is 6.32. The molecule has 1 aliphatic rings. The molecule has 0 aromatic heterocycles. The Bertz CT molecular complexity index is 453. The van der Waals surface area contributed by atoms with Gasteiger partial charge in [-0.2, -0.15) is 0 Å². The topological polar surface area (TPSA) is 50.7 Å². The number of benzene rings is 1. The molecule has 1 aliphatic carbocycles. The lowest BCUT2D eigenvalue weighted by atomic mass is 9.93. The van der Waals surface area contributed by atoms with Crippen molar-refractivity contribution in [3.8, 4) is 11.5 Å². The first-order valence-electron chi connectivity index (χ1n) is 6.96. The molecular formula is C15H22ClNO3. The minimum atomic E-state index is -0.171. The average molecular weight is 300 g/mol. The van der Waals surface area contributed by atoms with Gasteiger partial charge in [0.2, 0.25) is 0 Å². The van der Waals surface area contributed by atoms with Crippen LogP contribution < -0.4 is 14.8 Å². The summed E-state index contributed by atoms with van der Waals surface area (Å²) < 4.78 is 10.5. The molecule has 0 saturated heterocycles. The second kappa shape index (κ2) is 7.16. The van der Waals surface area contributed by atoms with Crippen LogP contribution in [-0.4, -0.2) is 31.5 Å². The Morgan fingerprint density at radius 3 is 2.75 bits per heavy atom. The zero-order valence-electron chi connectivity index (χ0n) is 12.0. The molecule has 2 rings (SSSR count). The van der Waals surface area contributed by atoms with E-state index in [9.17, 15) is 5.11 Å². The molecule has 2 unspecified atom stereocenters. The summed E-state index contributed by atoms with van der Waals surface area (Å²) >= 11 is 6.19. The van der Waals surface area contributed by atoms with Crippen molar-refractivity contribution in [2.75, 3.05) is 14.2 Å². The molecule has 1 fully saturated rings. The highest BCUT2D eigenvalue weighted by atomic mass is 35.5. The van der Waals surface area contributed by atoms with E-state index in [4.69, 9.17) is 21.1 Å². The maximum Gasteiger partial charge on any atom is 0.179 e. The van der Waals surface area contributed by atoms with E-state index in [0.717, 1.165) is 31.2 Å². The normalized spacial score (nSPS) is 22.6. The Balaban J connectivity index is 2.00. The molecule has 0 aliphatic heterocycles. The fourth-order valence-electron chi connectivity index (χ4n) is 2.68. The number of aliphatic hydroxyl groups excluding tert-OH is 1. The molecule has 5 heteroatoms. The lowest BCUT2D eigenvalue weighted by Crippen LogP contribution is -2.35. The van der Waals surface area contributed by atoms with Crippen LogP contribution in [0.25, 0.3) is 0 Å². The predicted octanol–water partition coefficient (Wildman–Crippen LogP) is 2.75. The van der Waals surface area contributed by atoms with Gasteiger partial charge < -0.3 is 19.9 Å². The second-order valence-electron chi connectivity index (χ2n) is 5.21. The van der Waals surface area contributed by atoms with E-state index in [1.807, 2.05) is 12.1 Å². The zero-order chi connectivity index (χ0) is 14.5. The molecular weight excluding hydrogens is 278 g/mol. The number of rotatable bonds is 5. The largest absolute Gasteiger partial charge is 0.493 e. The van der Waals surface area contributed by atoms with Gasteiger partial charge in [0.15, 0.2) is 11.5 Å². The van der Waals surface area contributed by atoms with E-state index >= 15 is 0 Å². The molecule has 0 spiro atoms. The molecule has 2 N–H and O–H groups in total. The summed E-state index contributed by atoms with van der Waals surface area (Å²) in [6.07, 6.45) is 3.75. The van der Waals surface area contributed by atoms with Crippen LogP contribution in [-0.2, 0) is 6.54 Å². The highest BCUT2D eigenvalue weighted by Gasteiger charge is 2.19. The van der Waals surface area contributed by atoms with E-state index in [0.29, 0.717) is 29.1 Å². The average Bonchev–Trinajstić information content (AvgIpc) is 2.44. The number of methoxy groups -OCH3 is 2. The monoisotopic (exact) mass is 299 g/mol. The first kappa shape index (κ1) is 15.4. The summed E-state index contributed by atoms with van der Waals surface area (Å²) in [5.41, 5.74) is 1.05. The SMILES string of the molecule is COc1cc(CNC2CCCC(O)C2)cc(Cl)c1OC. The number of nitrogens with one attached hydrogen (secondary N) is 1. The van der Waals surface area contributed by atoms with Crippen molar-refractivity contribution in [2.24, 2.45) is 0 Å². The van der Waals surface area contributed by atoms with Gasteiger partial charge >= 0.3 is 0 Å². The molecule has 1 saturated carbocycles. The Morgan fingerprint density at radius 1 is 1.30 bits per heavy atom. The van der Waals surface area contributed by atoms with Crippen LogP contribution in [0.2, 0.25) is 5.02 Å². The Labute approximate surface area is 125 Å². The summed E-state index contributed by atoms with van der Waals surface area (Å²) in [5.74, 6) is 1.20. The number of halogens is 1. The smallest absolute Gasteiger partial charge is 0.179 e. The van der Waals surface area contributed by atoms with Crippen molar-refractivity contribution >= 4 is 11.6 Å². The summed E-state index contributed by atoms with van der Waals surface area (Å²) in [4.78, 5) is 0. The minimum Gasteiger partial charge on any atom is -0.493 e. The maximum absolute atomic E-state index is 9.67. The molecule has 0 amide bonds. The lowest BCUT2D eigenvalue weighted by molar-refractivity contribution is 0.111. The van der Waals surface area contributed by atoms with Crippen LogP contribution >= 0.6 is 11.6 Å². The fourth-order valence-corrected chi connectivity index (χ4v) is 3.00. The number of hydrogen-bond acceptors (Lipinski definition) is 4. The summed E-state index contributed by atoms with van der Waals surface area (Å²) in [6, 6.07) is 4.18. The van der Waals surface area contributed by atoms with Crippen molar-refractivity contribution < 1.29 is 14.6 Å². The molecule has 2 atom stereocenters. The van der Waals surface area contributed by atoms with Crippen molar-refractivity contribution in [3.05, 3.63) is 22.7 Å². The van der Waals surface area contributed by atoms with Gasteiger partial charge in [-0.05, 0) is 43.4 Å². The number of aliphatic hydroxyl groups is 1.